The Morgan fingerprint density at radius 2 is 1.03 bits per heavy atom. The number of amides is 1. The van der Waals surface area contributed by atoms with Crippen molar-refractivity contribution < 1.29 is 9.53 Å². The molecule has 4 aromatic carbocycles. The average molecular weight is 421 g/mol. The number of hydrogen-bond donors (Lipinski definition) is 2. The number of para-hydroxylation sites is 1. The minimum absolute atomic E-state index is 0.0851. The average Bonchev–Trinajstić information content (AvgIpc) is 2.87. The lowest BCUT2D eigenvalue weighted by Crippen LogP contribution is -2.73. The van der Waals surface area contributed by atoms with E-state index in [9.17, 15) is 4.79 Å². The van der Waals surface area contributed by atoms with Crippen molar-refractivity contribution >= 4 is 5.91 Å². The first-order valence-electron chi connectivity index (χ1n) is 10.7. The molecule has 4 heteroatoms. The van der Waals surface area contributed by atoms with Gasteiger partial charge in [-0.15, -0.1) is 0 Å². The van der Waals surface area contributed by atoms with Crippen molar-refractivity contribution in [2.75, 3.05) is 0 Å². The first-order valence-corrected chi connectivity index (χ1v) is 10.7. The van der Waals surface area contributed by atoms with Gasteiger partial charge in [0.25, 0.3) is 0 Å². The highest BCUT2D eigenvalue weighted by molar-refractivity contribution is 5.89. The second kappa shape index (κ2) is 8.69. The fraction of sp³-hybridized carbons (Fsp3) is 0.107. The molecule has 0 saturated carbocycles. The maximum absolute atomic E-state index is 12.7. The summed E-state index contributed by atoms with van der Waals surface area (Å²) in [6.45, 7) is 0. The molecule has 5 rings (SSSR count). The monoisotopic (exact) mass is 420 g/mol. The minimum atomic E-state index is -0.732. The predicted octanol–water partition coefficient (Wildman–Crippen LogP) is 4.47. The summed E-state index contributed by atoms with van der Waals surface area (Å²) in [5, 5.41) is 6.59. The van der Waals surface area contributed by atoms with Crippen molar-refractivity contribution in [2.45, 2.75) is 17.8 Å². The lowest BCUT2D eigenvalue weighted by molar-refractivity contribution is -0.140. The lowest BCUT2D eigenvalue weighted by atomic mass is 9.76. The van der Waals surface area contributed by atoms with E-state index in [1.807, 2.05) is 84.9 Å². The van der Waals surface area contributed by atoms with E-state index >= 15 is 0 Å². The Balaban J connectivity index is 1.61. The van der Waals surface area contributed by atoms with Gasteiger partial charge < -0.3 is 10.1 Å². The minimum Gasteiger partial charge on any atom is -0.468 e. The van der Waals surface area contributed by atoms with Gasteiger partial charge in [0, 0.05) is 0 Å². The number of hydrogen-bond acceptors (Lipinski definition) is 3. The molecule has 2 atom stereocenters. The van der Waals surface area contributed by atoms with Crippen molar-refractivity contribution in [3.05, 3.63) is 138 Å². The summed E-state index contributed by atoms with van der Waals surface area (Å²) in [7, 11) is 0. The number of carbonyl (C=O) groups is 1. The van der Waals surface area contributed by atoms with Crippen molar-refractivity contribution in [2.24, 2.45) is 0 Å². The molecule has 0 unspecified atom stereocenters. The van der Waals surface area contributed by atoms with Gasteiger partial charge in [-0.3, -0.25) is 10.1 Å². The highest BCUT2D eigenvalue weighted by Crippen LogP contribution is 2.38. The van der Waals surface area contributed by atoms with E-state index in [0.717, 1.165) is 16.7 Å². The fourth-order valence-corrected chi connectivity index (χ4v) is 4.29. The van der Waals surface area contributed by atoms with E-state index in [2.05, 4.69) is 47.0 Å². The fourth-order valence-electron chi connectivity index (χ4n) is 4.29. The van der Waals surface area contributed by atoms with Gasteiger partial charge >= 0.3 is 0 Å². The van der Waals surface area contributed by atoms with Gasteiger partial charge in [-0.25, -0.2) is 0 Å². The van der Waals surface area contributed by atoms with E-state index in [1.165, 1.54) is 0 Å². The number of carbonyl (C=O) groups excluding carboxylic acids is 1. The highest BCUT2D eigenvalue weighted by atomic mass is 16.5. The van der Waals surface area contributed by atoms with Crippen LogP contribution in [0.2, 0.25) is 0 Å². The summed E-state index contributed by atoms with van der Waals surface area (Å²) in [6, 6.07) is 39.7. The number of ether oxygens (including phenoxy) is 1. The van der Waals surface area contributed by atoms with E-state index < -0.39 is 17.8 Å². The van der Waals surface area contributed by atoms with Gasteiger partial charge in [0.2, 0.25) is 5.91 Å². The van der Waals surface area contributed by atoms with E-state index in [-0.39, 0.29) is 5.91 Å². The topological polar surface area (TPSA) is 50.4 Å². The molecule has 1 aliphatic heterocycles. The first kappa shape index (κ1) is 20.0. The van der Waals surface area contributed by atoms with Gasteiger partial charge in [-0.2, -0.15) is 0 Å². The molecule has 0 spiro atoms. The van der Waals surface area contributed by atoms with Gasteiger partial charge in [0.1, 0.15) is 11.8 Å². The molecular formula is C28H24N2O2. The third-order valence-corrected chi connectivity index (χ3v) is 5.87. The molecule has 1 aliphatic rings. The Morgan fingerprint density at radius 1 is 0.625 bits per heavy atom. The maximum atomic E-state index is 12.7. The van der Waals surface area contributed by atoms with Crippen LogP contribution in [0.15, 0.2) is 121 Å². The summed E-state index contributed by atoms with van der Waals surface area (Å²) < 4.78 is 6.09. The van der Waals surface area contributed by atoms with Crippen LogP contribution in [0.5, 0.6) is 5.75 Å². The molecule has 4 aromatic rings. The van der Waals surface area contributed by atoms with Crippen LogP contribution < -0.4 is 15.4 Å². The van der Waals surface area contributed by atoms with Crippen LogP contribution in [0.4, 0.5) is 0 Å². The Morgan fingerprint density at radius 3 is 1.44 bits per heavy atom. The van der Waals surface area contributed by atoms with Crippen molar-refractivity contribution in [1.29, 1.82) is 0 Å². The van der Waals surface area contributed by atoms with Gasteiger partial charge in [-0.1, -0.05) is 109 Å². The second-order valence-corrected chi connectivity index (χ2v) is 7.83. The van der Waals surface area contributed by atoms with Crippen molar-refractivity contribution in [1.82, 2.24) is 10.6 Å². The van der Waals surface area contributed by atoms with Gasteiger partial charge in [0.05, 0.1) is 5.54 Å². The third kappa shape index (κ3) is 3.66. The molecule has 1 fully saturated rings. The highest BCUT2D eigenvalue weighted by Gasteiger charge is 2.48. The van der Waals surface area contributed by atoms with E-state index in [4.69, 9.17) is 4.74 Å². The first-order chi connectivity index (χ1) is 15.8. The van der Waals surface area contributed by atoms with Crippen molar-refractivity contribution in [3.8, 4) is 5.75 Å². The second-order valence-electron chi connectivity index (χ2n) is 7.83. The largest absolute Gasteiger partial charge is 0.468 e. The van der Waals surface area contributed by atoms with Crippen LogP contribution in [0.25, 0.3) is 0 Å². The van der Waals surface area contributed by atoms with Crippen LogP contribution in [-0.2, 0) is 10.3 Å². The molecule has 158 valence electrons. The molecular weight excluding hydrogens is 396 g/mol. The Kier molecular flexibility index (Phi) is 5.44. The molecule has 32 heavy (non-hydrogen) atoms. The van der Waals surface area contributed by atoms with E-state index in [1.54, 1.807) is 0 Å². The van der Waals surface area contributed by atoms with Crippen LogP contribution in [0, 0.1) is 0 Å². The molecule has 0 bridgehead atoms. The zero-order valence-electron chi connectivity index (χ0n) is 17.5. The quantitative estimate of drug-likeness (QED) is 0.343. The van der Waals surface area contributed by atoms with Crippen LogP contribution in [-0.4, -0.2) is 18.2 Å². The van der Waals surface area contributed by atoms with Crippen LogP contribution >= 0.6 is 0 Å². The third-order valence-electron chi connectivity index (χ3n) is 5.87. The Labute approximate surface area is 187 Å². The smallest absolute Gasteiger partial charge is 0.245 e. The number of β-lactam (4-membered cyclic amide) rings is 1. The summed E-state index contributed by atoms with van der Waals surface area (Å²) in [4.78, 5) is 12.7. The van der Waals surface area contributed by atoms with E-state index in [0.29, 0.717) is 5.75 Å². The summed E-state index contributed by atoms with van der Waals surface area (Å²) >= 11 is 0. The van der Waals surface area contributed by atoms with Crippen LogP contribution in [0.3, 0.4) is 0 Å². The molecule has 1 saturated heterocycles. The number of benzene rings is 4. The SMILES string of the molecule is O=C1N[C@H](Oc2ccccc2)[C@@H]1NC(c1ccccc1)(c1ccccc1)c1ccccc1. The molecule has 0 aromatic heterocycles. The normalized spacial score (nSPS) is 17.8. The Bertz CT molecular complexity index is 1070. The summed E-state index contributed by atoms with van der Waals surface area (Å²) in [5.41, 5.74) is 2.42. The Hall–Kier alpha value is -3.89. The predicted molar refractivity (Wildman–Crippen MR) is 125 cm³/mol. The standard InChI is InChI=1S/C28H24N2O2/c31-26-25(27(29-26)32-24-19-11-4-12-20-24)30-28(21-13-5-1-6-14-21,22-15-7-2-8-16-22)23-17-9-3-10-18-23/h1-20,25,27,30H,(H,29,31)/t25-,27-/m1/s1. The summed E-state index contributed by atoms with van der Waals surface area (Å²) in [5.74, 6) is 0.632. The molecule has 2 N–H and O–H groups in total. The van der Waals surface area contributed by atoms with Gasteiger partial charge in [-0.05, 0) is 28.8 Å². The molecule has 1 amide bonds. The molecule has 0 aliphatic carbocycles. The zero-order chi connectivity index (χ0) is 21.8. The molecule has 1 heterocycles. The number of nitrogens with one attached hydrogen (secondary N) is 2. The molecule has 0 radical (unpaired) electrons. The summed E-state index contributed by atoms with van der Waals surface area (Å²) in [6.07, 6.45) is -0.472. The van der Waals surface area contributed by atoms with Gasteiger partial charge in [0.15, 0.2) is 6.23 Å². The number of rotatable bonds is 7. The lowest BCUT2D eigenvalue weighted by Gasteiger charge is -2.45. The van der Waals surface area contributed by atoms with Crippen LogP contribution in [0.1, 0.15) is 16.7 Å². The zero-order valence-corrected chi connectivity index (χ0v) is 17.5. The molecule has 4 nitrogen and oxygen atoms in total. The maximum Gasteiger partial charge on any atom is 0.245 e. The van der Waals surface area contributed by atoms with Crippen molar-refractivity contribution in [3.63, 3.8) is 0 Å².